The van der Waals surface area contributed by atoms with E-state index in [1.165, 1.54) is 16.2 Å². The van der Waals surface area contributed by atoms with Crippen LogP contribution < -0.4 is 5.32 Å². The summed E-state index contributed by atoms with van der Waals surface area (Å²) in [6.45, 7) is 5.57. The molecule has 3 aromatic rings. The predicted molar refractivity (Wildman–Crippen MR) is 130 cm³/mol. The average Bonchev–Trinajstić information content (AvgIpc) is 3.25. The molecule has 1 atom stereocenters. The number of amides is 2. The monoisotopic (exact) mass is 538 g/mol. The Bertz CT molecular complexity index is 1100. The number of hydrogen-bond donors (Lipinski definition) is 2. The summed E-state index contributed by atoms with van der Waals surface area (Å²) in [7, 11) is 1.80. The Kier molecular flexibility index (Phi) is 7.32. The van der Waals surface area contributed by atoms with Gasteiger partial charge in [0.15, 0.2) is 0 Å². The van der Waals surface area contributed by atoms with Gasteiger partial charge in [0, 0.05) is 24.7 Å². The molecule has 0 fully saturated rings. The number of carboxylic acid groups (broad SMARTS) is 1. The highest BCUT2D eigenvalue weighted by atomic mass is 79.9. The SMILES string of the molecule is Cn1ncc(Br)c1-c1cc(C(=O)N[C@H](CN(C(=O)O)C(C)(C)C)c2ccccc2)sc1Cl. The lowest BCUT2D eigenvalue weighted by Gasteiger charge is -2.36. The van der Waals surface area contributed by atoms with Gasteiger partial charge in [0.05, 0.1) is 27.3 Å². The molecule has 32 heavy (non-hydrogen) atoms. The van der Waals surface area contributed by atoms with Crippen LogP contribution in [-0.4, -0.2) is 43.9 Å². The van der Waals surface area contributed by atoms with Crippen molar-refractivity contribution >= 4 is 50.9 Å². The van der Waals surface area contributed by atoms with E-state index in [0.717, 1.165) is 15.7 Å². The minimum atomic E-state index is -1.05. The highest BCUT2D eigenvalue weighted by molar-refractivity contribution is 9.10. The minimum absolute atomic E-state index is 0.105. The lowest BCUT2D eigenvalue weighted by Crippen LogP contribution is -2.49. The molecule has 0 radical (unpaired) electrons. The Labute approximate surface area is 204 Å². The number of carbonyl (C=O) groups is 2. The maximum Gasteiger partial charge on any atom is 0.407 e. The van der Waals surface area contributed by atoms with Crippen LogP contribution in [0.15, 0.2) is 47.1 Å². The molecule has 0 unspecified atom stereocenters. The van der Waals surface area contributed by atoms with Crippen LogP contribution in [0.25, 0.3) is 11.3 Å². The lowest BCUT2D eigenvalue weighted by molar-refractivity contribution is 0.0824. The van der Waals surface area contributed by atoms with Crippen LogP contribution in [0.1, 0.15) is 42.0 Å². The zero-order valence-electron chi connectivity index (χ0n) is 18.1. The van der Waals surface area contributed by atoms with Gasteiger partial charge >= 0.3 is 6.09 Å². The number of thiophene rings is 1. The number of nitrogens with zero attached hydrogens (tertiary/aromatic N) is 3. The summed E-state index contributed by atoms with van der Waals surface area (Å²) in [4.78, 5) is 26.8. The van der Waals surface area contributed by atoms with Crippen LogP contribution in [0.2, 0.25) is 4.34 Å². The van der Waals surface area contributed by atoms with Gasteiger partial charge in [-0.3, -0.25) is 9.48 Å². The zero-order chi connectivity index (χ0) is 23.6. The Hall–Kier alpha value is -2.36. The van der Waals surface area contributed by atoms with E-state index in [1.807, 2.05) is 51.1 Å². The quantitative estimate of drug-likeness (QED) is 0.413. The normalized spacial score (nSPS) is 12.4. The third kappa shape index (κ3) is 5.33. The lowest BCUT2D eigenvalue weighted by atomic mass is 10.0. The molecule has 2 amide bonds. The summed E-state index contributed by atoms with van der Waals surface area (Å²) in [5.74, 6) is -0.324. The first-order valence-corrected chi connectivity index (χ1v) is 11.8. The number of halogens is 2. The molecule has 1 aromatic carbocycles. The Morgan fingerprint density at radius 1 is 1.31 bits per heavy atom. The average molecular weight is 540 g/mol. The van der Waals surface area contributed by atoms with Gasteiger partial charge in [-0.1, -0.05) is 41.9 Å². The van der Waals surface area contributed by atoms with E-state index in [0.29, 0.717) is 14.8 Å². The highest BCUT2D eigenvalue weighted by Gasteiger charge is 2.30. The molecule has 2 N–H and O–H groups in total. The van der Waals surface area contributed by atoms with E-state index in [2.05, 4.69) is 26.3 Å². The van der Waals surface area contributed by atoms with Crippen LogP contribution in [0.3, 0.4) is 0 Å². The van der Waals surface area contributed by atoms with Gasteiger partial charge in [-0.15, -0.1) is 11.3 Å². The summed E-state index contributed by atoms with van der Waals surface area (Å²) < 4.78 is 2.93. The van der Waals surface area contributed by atoms with E-state index in [9.17, 15) is 14.7 Å². The fraction of sp³-hybridized carbons (Fsp3) is 0.318. The van der Waals surface area contributed by atoms with Crippen LogP contribution >= 0.6 is 38.9 Å². The largest absolute Gasteiger partial charge is 0.465 e. The van der Waals surface area contributed by atoms with Crippen molar-refractivity contribution in [2.45, 2.75) is 32.4 Å². The van der Waals surface area contributed by atoms with Crippen molar-refractivity contribution in [1.29, 1.82) is 0 Å². The molecule has 7 nitrogen and oxygen atoms in total. The number of benzene rings is 1. The highest BCUT2D eigenvalue weighted by Crippen LogP contribution is 2.39. The first-order valence-electron chi connectivity index (χ1n) is 9.82. The first kappa shape index (κ1) is 24.3. The third-order valence-corrected chi connectivity index (χ3v) is 6.91. The second kappa shape index (κ2) is 9.64. The van der Waals surface area contributed by atoms with Gasteiger partial charge in [0.25, 0.3) is 5.91 Å². The van der Waals surface area contributed by atoms with Crippen molar-refractivity contribution in [3.8, 4) is 11.3 Å². The van der Waals surface area contributed by atoms with Crippen molar-refractivity contribution in [3.05, 3.63) is 61.8 Å². The van der Waals surface area contributed by atoms with Crippen molar-refractivity contribution in [2.24, 2.45) is 7.05 Å². The Morgan fingerprint density at radius 3 is 2.50 bits per heavy atom. The molecular formula is C22H24BrClN4O3S. The van der Waals surface area contributed by atoms with Crippen LogP contribution in [0, 0.1) is 0 Å². The molecule has 0 saturated carbocycles. The molecule has 0 spiro atoms. The van der Waals surface area contributed by atoms with Gasteiger partial charge < -0.3 is 15.3 Å². The van der Waals surface area contributed by atoms with Crippen LogP contribution in [0.4, 0.5) is 4.79 Å². The van der Waals surface area contributed by atoms with Crippen LogP contribution in [-0.2, 0) is 7.05 Å². The van der Waals surface area contributed by atoms with Crippen molar-refractivity contribution < 1.29 is 14.7 Å². The number of rotatable bonds is 6. The molecular weight excluding hydrogens is 516 g/mol. The van der Waals surface area contributed by atoms with E-state index >= 15 is 0 Å². The molecule has 2 heterocycles. The fourth-order valence-corrected chi connectivity index (χ4v) is 5.07. The molecule has 10 heteroatoms. The zero-order valence-corrected chi connectivity index (χ0v) is 21.3. The molecule has 0 saturated heterocycles. The van der Waals surface area contributed by atoms with E-state index in [1.54, 1.807) is 24.0 Å². The second-order valence-electron chi connectivity index (χ2n) is 8.26. The van der Waals surface area contributed by atoms with E-state index in [-0.39, 0.29) is 12.5 Å². The van der Waals surface area contributed by atoms with Crippen LogP contribution in [0.5, 0.6) is 0 Å². The standard InChI is InChI=1S/C22H24BrClN4O3S/c1-22(2,3)28(21(30)31)12-16(13-8-6-5-7-9-13)26-20(29)17-10-14(19(24)32-17)18-15(23)11-25-27(18)4/h5-11,16H,12H2,1-4H3,(H,26,29)(H,30,31)/t16-/m1/s1. The summed E-state index contributed by atoms with van der Waals surface area (Å²) in [5.41, 5.74) is 1.66. The maximum atomic E-state index is 13.2. The van der Waals surface area contributed by atoms with Crippen molar-refractivity contribution in [2.75, 3.05) is 6.54 Å². The number of carbonyl (C=O) groups excluding carboxylic acids is 1. The van der Waals surface area contributed by atoms with Gasteiger partial charge in [-0.25, -0.2) is 4.79 Å². The van der Waals surface area contributed by atoms with Crippen molar-refractivity contribution in [1.82, 2.24) is 20.0 Å². The summed E-state index contributed by atoms with van der Waals surface area (Å²) in [5, 5.41) is 16.9. The summed E-state index contributed by atoms with van der Waals surface area (Å²) >= 11 is 11.1. The summed E-state index contributed by atoms with van der Waals surface area (Å²) in [6.07, 6.45) is 0.622. The van der Waals surface area contributed by atoms with Gasteiger partial charge in [-0.05, 0) is 48.3 Å². The number of aryl methyl sites for hydroxylation is 1. The predicted octanol–water partition coefficient (Wildman–Crippen LogP) is 5.81. The Morgan fingerprint density at radius 2 is 1.97 bits per heavy atom. The molecule has 3 rings (SSSR count). The second-order valence-corrected chi connectivity index (χ2v) is 10.8. The van der Waals surface area contributed by atoms with Gasteiger partial charge in [-0.2, -0.15) is 5.10 Å². The molecule has 2 aromatic heterocycles. The number of nitrogens with one attached hydrogen (secondary N) is 1. The molecule has 0 aliphatic heterocycles. The molecule has 0 aliphatic carbocycles. The number of aromatic nitrogens is 2. The van der Waals surface area contributed by atoms with E-state index in [4.69, 9.17) is 11.6 Å². The first-order chi connectivity index (χ1) is 15.0. The van der Waals surface area contributed by atoms with Crippen molar-refractivity contribution in [3.63, 3.8) is 0 Å². The molecule has 170 valence electrons. The summed E-state index contributed by atoms with van der Waals surface area (Å²) in [6, 6.07) is 10.5. The number of hydrogen-bond acceptors (Lipinski definition) is 4. The molecule has 0 aliphatic rings. The minimum Gasteiger partial charge on any atom is -0.465 e. The fourth-order valence-electron chi connectivity index (χ4n) is 3.33. The topological polar surface area (TPSA) is 87.5 Å². The van der Waals surface area contributed by atoms with Gasteiger partial charge in [0.2, 0.25) is 0 Å². The Balaban J connectivity index is 1.91. The smallest absolute Gasteiger partial charge is 0.407 e. The van der Waals surface area contributed by atoms with Gasteiger partial charge in [0.1, 0.15) is 4.34 Å². The van der Waals surface area contributed by atoms with E-state index < -0.39 is 17.7 Å². The maximum absolute atomic E-state index is 13.2. The third-order valence-electron chi connectivity index (χ3n) is 4.97. The molecule has 0 bridgehead atoms.